The Bertz CT molecular complexity index is 278. The molecule has 0 fully saturated rings. The Morgan fingerprint density at radius 1 is 1.43 bits per heavy atom. The maximum atomic E-state index is 12.0. The lowest BCUT2D eigenvalue weighted by atomic mass is 10.5. The molecule has 1 rings (SSSR count). The van der Waals surface area contributed by atoms with E-state index in [0.717, 1.165) is 0 Å². The first-order valence-corrected chi connectivity index (χ1v) is 4.53. The Hall–Kier alpha value is -0.970. The molecule has 6 heteroatoms. The van der Waals surface area contributed by atoms with Crippen LogP contribution in [0, 0.1) is 0 Å². The minimum atomic E-state index is -2.38. The Kier molecular flexibility index (Phi) is 4.00. The quantitative estimate of drug-likeness (QED) is 0.728. The van der Waals surface area contributed by atoms with E-state index in [1.54, 1.807) is 0 Å². The lowest BCUT2D eigenvalue weighted by Crippen LogP contribution is -2.25. The van der Waals surface area contributed by atoms with Gasteiger partial charge in [0.15, 0.2) is 0 Å². The molecule has 0 aliphatic carbocycles. The van der Waals surface area contributed by atoms with Gasteiger partial charge in [0.25, 0.3) is 6.43 Å². The monoisotopic (exact) mass is 221 g/mol. The van der Waals surface area contributed by atoms with E-state index in [4.69, 9.17) is 11.6 Å². The highest BCUT2D eigenvalue weighted by atomic mass is 35.5. The minimum Gasteiger partial charge on any atom is -0.353 e. The fourth-order valence-electron chi connectivity index (χ4n) is 0.915. The zero-order chi connectivity index (χ0) is 10.6. The molecule has 0 N–H and O–H groups in total. The van der Waals surface area contributed by atoms with Crippen molar-refractivity contribution in [3.05, 3.63) is 18.1 Å². The normalized spacial score (nSPS) is 10.6. The molecule has 0 spiro atoms. The summed E-state index contributed by atoms with van der Waals surface area (Å²) in [6.07, 6.45) is 0.527. The summed E-state index contributed by atoms with van der Waals surface area (Å²) in [5.41, 5.74) is 0.626. The van der Waals surface area contributed by atoms with Crippen molar-refractivity contribution in [3.8, 4) is 0 Å². The molecule has 78 valence electrons. The lowest BCUT2D eigenvalue weighted by Gasteiger charge is -2.16. The number of rotatable bonds is 4. The van der Waals surface area contributed by atoms with E-state index in [1.165, 1.54) is 24.3 Å². The maximum absolute atomic E-state index is 12.0. The van der Waals surface area contributed by atoms with Crippen molar-refractivity contribution in [1.82, 2.24) is 9.97 Å². The number of anilines is 1. The first-order chi connectivity index (χ1) is 6.63. The second kappa shape index (κ2) is 5.05. The molecule has 0 saturated carbocycles. The van der Waals surface area contributed by atoms with Gasteiger partial charge in [0.2, 0.25) is 0 Å². The molecule has 1 heterocycles. The first kappa shape index (κ1) is 11.1. The van der Waals surface area contributed by atoms with E-state index in [-0.39, 0.29) is 12.4 Å². The van der Waals surface area contributed by atoms with E-state index in [9.17, 15) is 8.78 Å². The van der Waals surface area contributed by atoms with Crippen LogP contribution in [0.1, 0.15) is 5.69 Å². The van der Waals surface area contributed by atoms with Gasteiger partial charge in [0.1, 0.15) is 5.82 Å². The smallest absolute Gasteiger partial charge is 0.255 e. The molecule has 1 aromatic rings. The average Bonchev–Trinajstić information content (AvgIpc) is 2.17. The summed E-state index contributed by atoms with van der Waals surface area (Å²) in [5.74, 6) is 0.686. The highest BCUT2D eigenvalue weighted by Crippen LogP contribution is 2.09. The molecule has 14 heavy (non-hydrogen) atoms. The van der Waals surface area contributed by atoms with Crippen molar-refractivity contribution in [2.45, 2.75) is 12.3 Å². The van der Waals surface area contributed by atoms with Crippen LogP contribution >= 0.6 is 11.6 Å². The number of halogens is 3. The summed E-state index contributed by atoms with van der Waals surface area (Å²) >= 11 is 5.51. The minimum absolute atomic E-state index is 0.270. The van der Waals surface area contributed by atoms with Crippen LogP contribution in [-0.2, 0) is 5.88 Å². The van der Waals surface area contributed by atoms with E-state index in [1.807, 2.05) is 0 Å². The predicted octanol–water partition coefficient (Wildman–Crippen LogP) is 1.92. The Morgan fingerprint density at radius 2 is 2.14 bits per heavy atom. The lowest BCUT2D eigenvalue weighted by molar-refractivity contribution is 0.156. The van der Waals surface area contributed by atoms with Crippen molar-refractivity contribution in [3.63, 3.8) is 0 Å². The third kappa shape index (κ3) is 3.06. The van der Waals surface area contributed by atoms with Crippen molar-refractivity contribution < 1.29 is 8.78 Å². The molecule has 0 saturated heterocycles. The van der Waals surface area contributed by atoms with Gasteiger partial charge >= 0.3 is 0 Å². The van der Waals surface area contributed by atoms with Crippen LogP contribution in [0.3, 0.4) is 0 Å². The molecule has 0 aliphatic heterocycles. The summed E-state index contributed by atoms with van der Waals surface area (Å²) in [6, 6.07) is 0. The number of alkyl halides is 3. The van der Waals surface area contributed by atoms with Crippen molar-refractivity contribution in [2.24, 2.45) is 0 Å². The van der Waals surface area contributed by atoms with E-state index in [0.29, 0.717) is 11.5 Å². The van der Waals surface area contributed by atoms with Gasteiger partial charge in [-0.3, -0.25) is 4.98 Å². The second-order valence-corrected chi connectivity index (χ2v) is 3.04. The van der Waals surface area contributed by atoms with Crippen LogP contribution in [0.5, 0.6) is 0 Å². The molecule has 0 unspecified atom stereocenters. The van der Waals surface area contributed by atoms with E-state index in [2.05, 4.69) is 9.97 Å². The Labute approximate surface area is 85.7 Å². The molecule has 0 amide bonds. The SMILES string of the molecule is CN(CC(F)F)c1cnc(CCl)cn1. The molecule has 3 nitrogen and oxygen atoms in total. The van der Waals surface area contributed by atoms with Gasteiger partial charge in [-0.1, -0.05) is 0 Å². The average molecular weight is 222 g/mol. The molecule has 0 aliphatic rings. The number of hydrogen-bond acceptors (Lipinski definition) is 3. The first-order valence-electron chi connectivity index (χ1n) is 3.99. The van der Waals surface area contributed by atoms with Crippen LogP contribution in [0.2, 0.25) is 0 Å². The highest BCUT2D eigenvalue weighted by molar-refractivity contribution is 6.16. The summed E-state index contributed by atoms with van der Waals surface area (Å²) in [4.78, 5) is 9.24. The third-order valence-electron chi connectivity index (χ3n) is 1.63. The van der Waals surface area contributed by atoms with Gasteiger partial charge in [-0.15, -0.1) is 11.6 Å². The van der Waals surface area contributed by atoms with Gasteiger partial charge in [-0.25, -0.2) is 13.8 Å². The van der Waals surface area contributed by atoms with Crippen LogP contribution in [0.15, 0.2) is 12.4 Å². The number of hydrogen-bond donors (Lipinski definition) is 0. The molecule has 1 aromatic heterocycles. The Morgan fingerprint density at radius 3 is 2.57 bits per heavy atom. The fraction of sp³-hybridized carbons (Fsp3) is 0.500. The molecular formula is C8H10ClF2N3. The van der Waals surface area contributed by atoms with Gasteiger partial charge in [0, 0.05) is 7.05 Å². The van der Waals surface area contributed by atoms with Crippen LogP contribution in [0.25, 0.3) is 0 Å². The number of nitrogens with zero attached hydrogens (tertiary/aromatic N) is 3. The molecular weight excluding hydrogens is 212 g/mol. The number of aromatic nitrogens is 2. The maximum Gasteiger partial charge on any atom is 0.255 e. The summed E-state index contributed by atoms with van der Waals surface area (Å²) < 4.78 is 24.0. The van der Waals surface area contributed by atoms with Gasteiger partial charge in [-0.2, -0.15) is 0 Å². The van der Waals surface area contributed by atoms with Crippen molar-refractivity contribution >= 4 is 17.4 Å². The van der Waals surface area contributed by atoms with Crippen LogP contribution in [0.4, 0.5) is 14.6 Å². The van der Waals surface area contributed by atoms with Crippen molar-refractivity contribution in [1.29, 1.82) is 0 Å². The van der Waals surface area contributed by atoms with E-state index < -0.39 is 6.43 Å². The molecule has 0 bridgehead atoms. The van der Waals surface area contributed by atoms with Gasteiger partial charge in [-0.05, 0) is 0 Å². The highest BCUT2D eigenvalue weighted by Gasteiger charge is 2.09. The topological polar surface area (TPSA) is 29.0 Å². The summed E-state index contributed by atoms with van der Waals surface area (Å²) in [6.45, 7) is -0.352. The predicted molar refractivity (Wildman–Crippen MR) is 50.9 cm³/mol. The van der Waals surface area contributed by atoms with Gasteiger partial charge in [0.05, 0.1) is 30.5 Å². The van der Waals surface area contributed by atoms with Crippen molar-refractivity contribution in [2.75, 3.05) is 18.5 Å². The Balaban J connectivity index is 2.66. The van der Waals surface area contributed by atoms with E-state index >= 15 is 0 Å². The third-order valence-corrected chi connectivity index (χ3v) is 1.91. The standard InChI is InChI=1S/C8H10ClF2N3/c1-14(5-7(10)11)8-4-12-6(2-9)3-13-8/h3-4,7H,2,5H2,1H3. The second-order valence-electron chi connectivity index (χ2n) is 2.77. The fourth-order valence-corrected chi connectivity index (χ4v) is 1.05. The van der Waals surface area contributed by atoms with Crippen LogP contribution in [-0.4, -0.2) is 30.0 Å². The largest absolute Gasteiger partial charge is 0.353 e. The van der Waals surface area contributed by atoms with Crippen LogP contribution < -0.4 is 4.90 Å². The zero-order valence-corrected chi connectivity index (χ0v) is 8.38. The molecule has 0 aromatic carbocycles. The molecule has 0 atom stereocenters. The molecule has 0 radical (unpaired) electrons. The summed E-state index contributed by atoms with van der Waals surface area (Å²) in [7, 11) is 1.54. The van der Waals surface area contributed by atoms with Gasteiger partial charge < -0.3 is 4.90 Å². The zero-order valence-electron chi connectivity index (χ0n) is 7.62. The summed E-state index contributed by atoms with van der Waals surface area (Å²) in [5, 5.41) is 0.